The number of nitrogens with zero attached hydrogens (tertiary/aromatic N) is 3. The van der Waals surface area contributed by atoms with Crippen molar-refractivity contribution >= 4 is 15.7 Å². The summed E-state index contributed by atoms with van der Waals surface area (Å²) in [4.78, 5) is 9.23. The predicted molar refractivity (Wildman–Crippen MR) is 131 cm³/mol. The topological polar surface area (TPSA) is 124 Å². The molecular formula is C25H25N5O3S. The van der Waals surface area contributed by atoms with Crippen molar-refractivity contribution in [3.63, 3.8) is 0 Å². The van der Waals surface area contributed by atoms with Gasteiger partial charge in [-0.25, -0.2) is 18.4 Å². The zero-order valence-electron chi connectivity index (χ0n) is 18.7. The molecule has 0 spiro atoms. The number of hydrogen-bond donors (Lipinski definition) is 2. The Bertz CT molecular complexity index is 1430. The zero-order valence-corrected chi connectivity index (χ0v) is 19.5. The number of nitrogen functional groups attached to an aromatic ring is 1. The molecule has 1 aliphatic heterocycles. The molecule has 2 aromatic carbocycles. The molecular weight excluding hydrogens is 450 g/mol. The molecule has 0 saturated carbocycles. The van der Waals surface area contributed by atoms with Gasteiger partial charge in [0.1, 0.15) is 5.69 Å². The van der Waals surface area contributed by atoms with Gasteiger partial charge in [0, 0.05) is 23.7 Å². The van der Waals surface area contributed by atoms with Crippen molar-refractivity contribution in [2.24, 2.45) is 0 Å². The van der Waals surface area contributed by atoms with Crippen LogP contribution in [0.15, 0.2) is 70.2 Å². The average molecular weight is 476 g/mol. The molecule has 0 amide bonds. The summed E-state index contributed by atoms with van der Waals surface area (Å²) in [5.74, 6) is 0.634. The quantitative estimate of drug-likeness (QED) is 0.446. The van der Waals surface area contributed by atoms with E-state index in [1.165, 1.54) is 0 Å². The van der Waals surface area contributed by atoms with Crippen molar-refractivity contribution in [2.75, 3.05) is 18.8 Å². The van der Waals surface area contributed by atoms with Gasteiger partial charge in [-0.2, -0.15) is 0 Å². The van der Waals surface area contributed by atoms with E-state index in [0.717, 1.165) is 29.7 Å². The molecule has 8 nitrogen and oxygen atoms in total. The SMILES string of the molecule is Cc1ccccc1-c1cc(-c2nc(-c3ccc(S(=O)(=O)C4CCCNC4)cc3)cnc2N)on1. The van der Waals surface area contributed by atoms with Gasteiger partial charge < -0.3 is 15.6 Å². The van der Waals surface area contributed by atoms with Gasteiger partial charge >= 0.3 is 0 Å². The zero-order chi connectivity index (χ0) is 23.7. The normalized spacial score (nSPS) is 16.4. The Morgan fingerprint density at radius 3 is 2.62 bits per heavy atom. The summed E-state index contributed by atoms with van der Waals surface area (Å²) in [7, 11) is -3.39. The van der Waals surface area contributed by atoms with Crippen LogP contribution >= 0.6 is 0 Å². The molecule has 0 bridgehead atoms. The van der Waals surface area contributed by atoms with Crippen molar-refractivity contribution in [2.45, 2.75) is 29.9 Å². The summed E-state index contributed by atoms with van der Waals surface area (Å²) in [6.45, 7) is 3.35. The predicted octanol–water partition coefficient (Wildman–Crippen LogP) is 3.88. The number of sulfone groups is 1. The van der Waals surface area contributed by atoms with Crippen LogP contribution in [0.4, 0.5) is 5.82 Å². The van der Waals surface area contributed by atoms with E-state index in [0.29, 0.717) is 40.7 Å². The lowest BCUT2D eigenvalue weighted by Gasteiger charge is -2.22. The average Bonchev–Trinajstić information content (AvgIpc) is 3.35. The van der Waals surface area contributed by atoms with E-state index in [-0.39, 0.29) is 5.82 Å². The maximum absolute atomic E-state index is 13.0. The van der Waals surface area contributed by atoms with Crippen LogP contribution < -0.4 is 11.1 Å². The number of nitrogens with two attached hydrogens (primary N) is 1. The molecule has 1 unspecified atom stereocenters. The van der Waals surface area contributed by atoms with Gasteiger partial charge in [0.25, 0.3) is 0 Å². The smallest absolute Gasteiger partial charge is 0.189 e. The molecule has 9 heteroatoms. The Labute approximate surface area is 198 Å². The number of rotatable bonds is 5. The first-order valence-corrected chi connectivity index (χ1v) is 12.7. The van der Waals surface area contributed by atoms with Crippen LogP contribution in [0.3, 0.4) is 0 Å². The van der Waals surface area contributed by atoms with Gasteiger partial charge in [0.2, 0.25) is 0 Å². The third-order valence-electron chi connectivity index (χ3n) is 6.13. The molecule has 174 valence electrons. The fraction of sp³-hybridized carbons (Fsp3) is 0.240. The molecule has 3 N–H and O–H groups in total. The Balaban J connectivity index is 1.44. The molecule has 0 radical (unpaired) electrons. The van der Waals surface area contributed by atoms with Crippen molar-refractivity contribution in [1.29, 1.82) is 0 Å². The maximum atomic E-state index is 13.0. The highest BCUT2D eigenvalue weighted by Crippen LogP contribution is 2.31. The van der Waals surface area contributed by atoms with Crippen LogP contribution in [0.1, 0.15) is 18.4 Å². The highest BCUT2D eigenvalue weighted by Gasteiger charge is 2.28. The molecule has 1 fully saturated rings. The van der Waals surface area contributed by atoms with Crippen LogP contribution in [-0.4, -0.2) is 41.9 Å². The number of nitrogens with one attached hydrogen (secondary N) is 1. The first-order valence-electron chi connectivity index (χ1n) is 11.1. The van der Waals surface area contributed by atoms with Gasteiger partial charge in [0.05, 0.1) is 22.0 Å². The van der Waals surface area contributed by atoms with Crippen molar-refractivity contribution in [1.82, 2.24) is 20.4 Å². The van der Waals surface area contributed by atoms with E-state index in [1.54, 1.807) is 36.5 Å². The van der Waals surface area contributed by atoms with Gasteiger partial charge in [-0.15, -0.1) is 0 Å². The minimum atomic E-state index is -3.39. The summed E-state index contributed by atoms with van der Waals surface area (Å²) in [5, 5.41) is 6.95. The van der Waals surface area contributed by atoms with Gasteiger partial charge in [-0.05, 0) is 44.0 Å². The summed E-state index contributed by atoms with van der Waals surface area (Å²) < 4.78 is 31.5. The number of hydrogen-bond acceptors (Lipinski definition) is 8. The lowest BCUT2D eigenvalue weighted by Crippen LogP contribution is -2.38. The number of aromatic nitrogens is 3. The summed E-state index contributed by atoms with van der Waals surface area (Å²) in [6, 6.07) is 16.4. The molecule has 0 aliphatic carbocycles. The van der Waals surface area contributed by atoms with E-state index in [4.69, 9.17) is 10.3 Å². The number of piperidine rings is 1. The lowest BCUT2D eigenvalue weighted by atomic mass is 10.1. The fourth-order valence-electron chi connectivity index (χ4n) is 4.19. The van der Waals surface area contributed by atoms with Gasteiger partial charge in [-0.1, -0.05) is 41.6 Å². The van der Waals surface area contributed by atoms with Gasteiger partial charge in [-0.3, -0.25) is 0 Å². The Hall–Kier alpha value is -3.56. The van der Waals surface area contributed by atoms with Crippen LogP contribution in [0.5, 0.6) is 0 Å². The van der Waals surface area contributed by atoms with E-state index in [1.807, 2.05) is 31.2 Å². The largest absolute Gasteiger partial charge is 0.382 e. The molecule has 1 saturated heterocycles. The number of benzene rings is 2. The lowest BCUT2D eigenvalue weighted by molar-refractivity contribution is 0.433. The third-order valence-corrected chi connectivity index (χ3v) is 8.34. The van der Waals surface area contributed by atoms with Crippen molar-refractivity contribution in [3.05, 3.63) is 66.4 Å². The molecule has 1 atom stereocenters. The monoisotopic (exact) mass is 475 g/mol. The summed E-state index contributed by atoms with van der Waals surface area (Å²) in [5.41, 5.74) is 10.5. The van der Waals surface area contributed by atoms with Crippen molar-refractivity contribution < 1.29 is 12.9 Å². The summed E-state index contributed by atoms with van der Waals surface area (Å²) in [6.07, 6.45) is 3.09. The van der Waals surface area contributed by atoms with Crippen LogP contribution in [-0.2, 0) is 9.84 Å². The highest BCUT2D eigenvalue weighted by molar-refractivity contribution is 7.92. The van der Waals surface area contributed by atoms with Crippen LogP contribution in [0.25, 0.3) is 34.0 Å². The van der Waals surface area contributed by atoms with E-state index in [2.05, 4.69) is 20.4 Å². The summed E-state index contributed by atoms with van der Waals surface area (Å²) >= 11 is 0. The van der Waals surface area contributed by atoms with Crippen LogP contribution in [0.2, 0.25) is 0 Å². The number of aryl methyl sites for hydroxylation is 1. The van der Waals surface area contributed by atoms with E-state index >= 15 is 0 Å². The second kappa shape index (κ2) is 9.00. The Kier molecular flexibility index (Phi) is 5.89. The van der Waals surface area contributed by atoms with Crippen LogP contribution in [0, 0.1) is 6.92 Å². The number of anilines is 1. The Morgan fingerprint density at radius 2 is 1.88 bits per heavy atom. The molecule has 34 heavy (non-hydrogen) atoms. The third kappa shape index (κ3) is 4.20. The van der Waals surface area contributed by atoms with Crippen molar-refractivity contribution in [3.8, 4) is 34.0 Å². The van der Waals surface area contributed by atoms with E-state index < -0.39 is 15.1 Å². The molecule has 1 aliphatic rings. The van der Waals surface area contributed by atoms with Gasteiger partial charge in [0.15, 0.2) is 27.1 Å². The Morgan fingerprint density at radius 1 is 1.09 bits per heavy atom. The second-order valence-electron chi connectivity index (χ2n) is 8.42. The minimum Gasteiger partial charge on any atom is -0.382 e. The molecule has 2 aromatic heterocycles. The highest BCUT2D eigenvalue weighted by atomic mass is 32.2. The standard InChI is InChI=1S/C25H25N5O3S/c1-16-5-2-3-7-20(16)21-13-23(33-30-21)24-25(26)28-15-22(29-24)17-8-10-18(11-9-17)34(31,32)19-6-4-12-27-14-19/h2-3,5,7-11,13,15,19,27H,4,6,12,14H2,1H3,(H2,26,28). The molecule has 3 heterocycles. The van der Waals surface area contributed by atoms with E-state index in [9.17, 15) is 8.42 Å². The molecule has 5 rings (SSSR count). The maximum Gasteiger partial charge on any atom is 0.189 e. The first kappa shape index (κ1) is 22.2. The second-order valence-corrected chi connectivity index (χ2v) is 10.6. The molecule has 4 aromatic rings. The minimum absolute atomic E-state index is 0.222. The fourth-order valence-corrected chi connectivity index (χ4v) is 5.90. The first-order chi connectivity index (χ1) is 16.4.